The van der Waals surface area contributed by atoms with Gasteiger partial charge in [-0.1, -0.05) is 5.10 Å². The Labute approximate surface area is 210 Å². The summed E-state index contributed by atoms with van der Waals surface area (Å²) in [7, 11) is 0. The second-order valence-electron chi connectivity index (χ2n) is 6.48. The first kappa shape index (κ1) is 22.0. The van der Waals surface area contributed by atoms with Crippen LogP contribution in [0.2, 0.25) is 0 Å². The monoisotopic (exact) mass is 625 g/mol. The molecule has 29 heavy (non-hydrogen) atoms. The standard InChI is InChI=1S/C18H19N7O2S.Ra.H2/c1-12-4-7-19-13(9-12)10-16(26)21-17-23-24-18(28-17)27-14-5-8-25(11-14)15-3-2-6-20-22-15;;/h2-4,6-7,9,14H,5,8,10-11H2,1H3,(H,21,23,26);;1H/t14-;;/m1../s1. The maximum atomic E-state index is 12.2. The minimum atomic E-state index is -0.185. The van der Waals surface area contributed by atoms with Crippen molar-refractivity contribution in [2.45, 2.75) is 25.9 Å². The Balaban J connectivity index is 0.00000160. The smallest absolute Gasteiger partial charge is 0.296 e. The van der Waals surface area contributed by atoms with Gasteiger partial charge in [-0.05, 0) is 48.1 Å². The summed E-state index contributed by atoms with van der Waals surface area (Å²) in [5, 5.41) is 19.6. The topological polar surface area (TPSA) is 106 Å². The average molecular weight is 625 g/mol. The maximum Gasteiger partial charge on any atom is 0.296 e. The molecule has 0 bridgehead atoms. The number of aromatic nitrogens is 5. The molecule has 0 aliphatic carbocycles. The van der Waals surface area contributed by atoms with E-state index in [1.54, 1.807) is 12.4 Å². The molecule has 1 N–H and O–H groups in total. The molecule has 1 atom stereocenters. The van der Waals surface area contributed by atoms with Crippen LogP contribution in [0, 0.1) is 51.9 Å². The SMILES string of the molecule is Cc1ccnc(CC(=O)Nc2nnc(O[C@@H]3CCN(c4cccnn4)C3)s2)c1.[HH].[Ra]. The molecule has 11 heteroatoms. The van der Waals surface area contributed by atoms with E-state index in [1.165, 1.54) is 11.3 Å². The number of anilines is 2. The van der Waals surface area contributed by atoms with Crippen LogP contribution in [0.4, 0.5) is 10.9 Å². The normalized spacial score (nSPS) is 15.6. The van der Waals surface area contributed by atoms with Crippen molar-refractivity contribution in [2.24, 2.45) is 0 Å². The second kappa shape index (κ2) is 10.4. The number of amides is 1. The number of hydrogen-bond acceptors (Lipinski definition) is 9. The third-order valence-electron chi connectivity index (χ3n) is 4.26. The average Bonchev–Trinajstić information content (AvgIpc) is 3.32. The molecule has 1 fully saturated rings. The fourth-order valence-electron chi connectivity index (χ4n) is 2.97. The summed E-state index contributed by atoms with van der Waals surface area (Å²) < 4.78 is 5.91. The number of rotatable bonds is 6. The van der Waals surface area contributed by atoms with Crippen molar-refractivity contribution >= 4 is 28.2 Å². The zero-order chi connectivity index (χ0) is 19.3. The van der Waals surface area contributed by atoms with E-state index in [1.807, 2.05) is 31.2 Å². The number of pyridine rings is 1. The summed E-state index contributed by atoms with van der Waals surface area (Å²) in [5.74, 6) is 0.652. The van der Waals surface area contributed by atoms with E-state index >= 15 is 0 Å². The molecule has 0 spiro atoms. The van der Waals surface area contributed by atoms with Gasteiger partial charge in [0.05, 0.1) is 13.0 Å². The van der Waals surface area contributed by atoms with E-state index in [0.29, 0.717) is 22.6 Å². The maximum absolute atomic E-state index is 12.2. The van der Waals surface area contributed by atoms with Crippen LogP contribution < -0.4 is 15.0 Å². The van der Waals surface area contributed by atoms with Gasteiger partial charge in [-0.15, -0.1) is 10.2 Å². The Bertz CT molecular complexity index is 962. The molecule has 0 aromatic carbocycles. The fourth-order valence-corrected chi connectivity index (χ4v) is 3.65. The van der Waals surface area contributed by atoms with E-state index < -0.39 is 0 Å². The molecule has 4 heterocycles. The summed E-state index contributed by atoms with van der Waals surface area (Å²) in [6.45, 7) is 3.51. The summed E-state index contributed by atoms with van der Waals surface area (Å²) in [6, 6.07) is 7.57. The molecule has 3 aromatic heterocycles. The molecule has 1 aliphatic rings. The Morgan fingerprint density at radius 3 is 3.03 bits per heavy atom. The van der Waals surface area contributed by atoms with Gasteiger partial charge in [0.25, 0.3) is 5.19 Å². The molecule has 148 valence electrons. The molecule has 1 amide bonds. The van der Waals surface area contributed by atoms with Crippen LogP contribution in [-0.2, 0) is 11.2 Å². The molecule has 4 rings (SSSR count). The van der Waals surface area contributed by atoms with Crippen molar-refractivity contribution in [2.75, 3.05) is 23.3 Å². The van der Waals surface area contributed by atoms with E-state index in [0.717, 1.165) is 24.3 Å². The van der Waals surface area contributed by atoms with Crippen LogP contribution in [0.15, 0.2) is 36.7 Å². The minimum Gasteiger partial charge on any atom is -0.464 e. The third kappa shape index (κ3) is 6.15. The Morgan fingerprint density at radius 2 is 2.24 bits per heavy atom. The molecule has 9 nitrogen and oxygen atoms in total. The number of nitrogens with zero attached hydrogens (tertiary/aromatic N) is 6. The van der Waals surface area contributed by atoms with Crippen LogP contribution in [0.1, 0.15) is 19.1 Å². The van der Waals surface area contributed by atoms with Gasteiger partial charge in [0.2, 0.25) is 11.0 Å². The molecule has 1 saturated heterocycles. The third-order valence-corrected chi connectivity index (χ3v) is 4.99. The van der Waals surface area contributed by atoms with Crippen molar-refractivity contribution < 1.29 is 56.0 Å². The summed E-state index contributed by atoms with van der Waals surface area (Å²) in [6.07, 6.45) is 4.39. The molecular formula is C18H21N7O2RaS. The number of carbonyl (C=O) groups is 1. The first-order chi connectivity index (χ1) is 13.7. The first-order valence-electron chi connectivity index (χ1n) is 8.90. The fraction of sp³-hybridized carbons (Fsp3) is 0.333. The van der Waals surface area contributed by atoms with Gasteiger partial charge in [0.15, 0.2) is 5.82 Å². The van der Waals surface area contributed by atoms with Gasteiger partial charge < -0.3 is 15.0 Å². The van der Waals surface area contributed by atoms with Crippen molar-refractivity contribution in [3.8, 4) is 5.19 Å². The Morgan fingerprint density at radius 1 is 1.34 bits per heavy atom. The second-order valence-corrected chi connectivity index (χ2v) is 7.42. The minimum absolute atomic E-state index is 0. The molecule has 1 aliphatic heterocycles. The number of aryl methyl sites for hydroxylation is 1. The van der Waals surface area contributed by atoms with Crippen molar-refractivity contribution in [1.29, 1.82) is 0 Å². The van der Waals surface area contributed by atoms with Crippen LogP contribution in [0.3, 0.4) is 0 Å². The Hall–Kier alpha value is -1.67. The molecule has 3 aromatic rings. The Kier molecular flexibility index (Phi) is 7.89. The van der Waals surface area contributed by atoms with Gasteiger partial charge in [-0.2, -0.15) is 5.10 Å². The predicted molar refractivity (Wildman–Crippen MR) is 107 cm³/mol. The first-order valence-corrected chi connectivity index (χ1v) is 9.71. The zero-order valence-electron chi connectivity index (χ0n) is 16.0. The van der Waals surface area contributed by atoms with Crippen LogP contribution in [-0.4, -0.2) is 50.5 Å². The van der Waals surface area contributed by atoms with Crippen molar-refractivity contribution in [1.82, 2.24) is 25.4 Å². The zero-order valence-corrected chi connectivity index (χ0v) is 22.6. The summed E-state index contributed by atoms with van der Waals surface area (Å²) in [4.78, 5) is 18.5. The van der Waals surface area contributed by atoms with Gasteiger partial charge in [-0.3, -0.25) is 9.78 Å². The number of hydrogen-bond donors (Lipinski definition) is 1. The summed E-state index contributed by atoms with van der Waals surface area (Å²) in [5.41, 5.74) is 1.78. The number of ether oxygens (including phenoxy) is 1. The largest absolute Gasteiger partial charge is 0.464 e. The quantitative estimate of drug-likeness (QED) is 0.445. The van der Waals surface area contributed by atoms with Crippen LogP contribution >= 0.6 is 11.3 Å². The predicted octanol–water partition coefficient (Wildman–Crippen LogP) is 2.12. The van der Waals surface area contributed by atoms with Gasteiger partial charge >= 0.3 is 0 Å². The number of carbonyl (C=O) groups excluding carboxylic acids is 1. The van der Waals surface area contributed by atoms with E-state index in [-0.39, 0.29) is 64.9 Å². The van der Waals surface area contributed by atoms with E-state index in [4.69, 9.17) is 4.74 Å². The van der Waals surface area contributed by atoms with Gasteiger partial charge in [0, 0.05) is 77.5 Å². The molecule has 0 unspecified atom stereocenters. The number of nitrogens with one attached hydrogen (secondary N) is 1. The summed E-state index contributed by atoms with van der Waals surface area (Å²) >= 11 is 1.22. The van der Waals surface area contributed by atoms with Gasteiger partial charge in [-0.25, -0.2) is 0 Å². The van der Waals surface area contributed by atoms with Crippen LogP contribution in [0.25, 0.3) is 0 Å². The van der Waals surface area contributed by atoms with E-state index in [2.05, 4.69) is 35.6 Å². The molecule has 2 radical (unpaired) electrons. The van der Waals surface area contributed by atoms with Gasteiger partial charge in [0.1, 0.15) is 6.10 Å². The van der Waals surface area contributed by atoms with Crippen LogP contribution in [0.5, 0.6) is 5.19 Å². The van der Waals surface area contributed by atoms with Crippen molar-refractivity contribution in [3.05, 3.63) is 47.9 Å². The molecular weight excluding hydrogens is 604 g/mol. The van der Waals surface area contributed by atoms with E-state index in [9.17, 15) is 4.79 Å². The van der Waals surface area contributed by atoms with Crippen molar-refractivity contribution in [3.63, 3.8) is 0 Å². The molecule has 0 saturated carbocycles.